The third-order valence-corrected chi connectivity index (χ3v) is 5.49. The van der Waals surface area contributed by atoms with Gasteiger partial charge in [0, 0.05) is 22.3 Å². The van der Waals surface area contributed by atoms with Crippen molar-refractivity contribution >= 4 is 29.1 Å². The van der Waals surface area contributed by atoms with Crippen LogP contribution in [0.1, 0.15) is 21.5 Å². The maximum atomic E-state index is 14.0. The zero-order chi connectivity index (χ0) is 22.9. The van der Waals surface area contributed by atoms with E-state index in [-0.39, 0.29) is 28.6 Å². The Morgan fingerprint density at radius 2 is 1.94 bits per heavy atom. The Morgan fingerprint density at radius 3 is 2.73 bits per heavy atom. The fraction of sp³-hybridized carbons (Fsp3) is 0.0870. The molecule has 0 radical (unpaired) electrons. The SMILES string of the molecule is Cc1ccc(-c2ccnc3c(C(=O)Nc4ncn(Cc5c(F)cccc5Cl)n4)cnn23)cc1. The van der Waals surface area contributed by atoms with Gasteiger partial charge >= 0.3 is 0 Å². The number of aryl methyl sites for hydroxylation is 1. The molecule has 0 atom stereocenters. The summed E-state index contributed by atoms with van der Waals surface area (Å²) in [6.07, 6.45) is 4.47. The van der Waals surface area contributed by atoms with Crippen LogP contribution in [0.4, 0.5) is 10.3 Å². The molecule has 0 aliphatic rings. The van der Waals surface area contributed by atoms with Gasteiger partial charge in [-0.3, -0.25) is 10.1 Å². The molecule has 1 N–H and O–H groups in total. The summed E-state index contributed by atoms with van der Waals surface area (Å²) in [6, 6.07) is 14.3. The zero-order valence-corrected chi connectivity index (χ0v) is 18.2. The summed E-state index contributed by atoms with van der Waals surface area (Å²) in [5.41, 5.74) is 3.88. The van der Waals surface area contributed by atoms with E-state index in [9.17, 15) is 9.18 Å². The van der Waals surface area contributed by atoms with Gasteiger partial charge in [-0.05, 0) is 25.1 Å². The summed E-state index contributed by atoms with van der Waals surface area (Å²) >= 11 is 6.07. The molecule has 8 nitrogen and oxygen atoms in total. The van der Waals surface area contributed by atoms with Gasteiger partial charge in [-0.15, -0.1) is 5.10 Å². The predicted molar refractivity (Wildman–Crippen MR) is 122 cm³/mol. The highest BCUT2D eigenvalue weighted by Gasteiger charge is 2.18. The maximum Gasteiger partial charge on any atom is 0.263 e. The highest BCUT2D eigenvalue weighted by atomic mass is 35.5. The first-order valence-corrected chi connectivity index (χ1v) is 10.4. The Kier molecular flexibility index (Phi) is 5.31. The van der Waals surface area contributed by atoms with Crippen molar-refractivity contribution < 1.29 is 9.18 Å². The molecular formula is C23H17ClFN7O. The molecular weight excluding hydrogens is 445 g/mol. The number of carbonyl (C=O) groups is 1. The highest BCUT2D eigenvalue weighted by molar-refractivity contribution is 6.31. The Balaban J connectivity index is 1.38. The molecule has 0 spiro atoms. The first kappa shape index (κ1) is 20.8. The van der Waals surface area contributed by atoms with E-state index in [1.807, 2.05) is 37.3 Å². The van der Waals surface area contributed by atoms with Crippen LogP contribution in [0.2, 0.25) is 5.02 Å². The van der Waals surface area contributed by atoms with E-state index in [2.05, 4.69) is 25.5 Å². The van der Waals surface area contributed by atoms with Gasteiger partial charge in [0.1, 0.15) is 17.7 Å². The van der Waals surface area contributed by atoms with E-state index in [4.69, 9.17) is 11.6 Å². The van der Waals surface area contributed by atoms with Gasteiger partial charge in [-0.25, -0.2) is 23.6 Å². The molecule has 164 valence electrons. The van der Waals surface area contributed by atoms with Gasteiger partial charge in [0.05, 0.1) is 18.4 Å². The number of hydrogen-bond acceptors (Lipinski definition) is 5. The van der Waals surface area contributed by atoms with Crippen molar-refractivity contribution in [2.45, 2.75) is 13.5 Å². The topological polar surface area (TPSA) is 90.0 Å². The monoisotopic (exact) mass is 461 g/mol. The minimum absolute atomic E-state index is 0.0708. The number of anilines is 1. The Labute approximate surface area is 192 Å². The lowest BCUT2D eigenvalue weighted by Crippen LogP contribution is -2.14. The molecule has 2 aromatic carbocycles. The molecule has 10 heteroatoms. The summed E-state index contributed by atoms with van der Waals surface area (Å²) < 4.78 is 17.0. The van der Waals surface area contributed by atoms with Crippen molar-refractivity contribution in [1.82, 2.24) is 29.4 Å². The smallest absolute Gasteiger partial charge is 0.263 e. The fourth-order valence-corrected chi connectivity index (χ4v) is 3.66. The molecule has 33 heavy (non-hydrogen) atoms. The number of benzene rings is 2. The molecule has 0 aliphatic carbocycles. The van der Waals surface area contributed by atoms with Gasteiger partial charge in [-0.1, -0.05) is 47.5 Å². The van der Waals surface area contributed by atoms with Gasteiger partial charge < -0.3 is 0 Å². The fourth-order valence-electron chi connectivity index (χ4n) is 3.44. The summed E-state index contributed by atoms with van der Waals surface area (Å²) in [5.74, 6) is -0.827. The quantitative estimate of drug-likeness (QED) is 0.419. The van der Waals surface area contributed by atoms with E-state index < -0.39 is 11.7 Å². The van der Waals surface area contributed by atoms with Crippen LogP contribution in [-0.2, 0) is 6.54 Å². The number of carbonyl (C=O) groups excluding carboxylic acids is 1. The first-order valence-electron chi connectivity index (χ1n) is 10.0. The lowest BCUT2D eigenvalue weighted by molar-refractivity contribution is 0.102. The van der Waals surface area contributed by atoms with E-state index in [0.29, 0.717) is 5.65 Å². The van der Waals surface area contributed by atoms with Crippen LogP contribution in [-0.4, -0.2) is 35.3 Å². The first-order chi connectivity index (χ1) is 16.0. The Morgan fingerprint density at radius 1 is 1.12 bits per heavy atom. The molecule has 1 amide bonds. The molecule has 5 aromatic rings. The average Bonchev–Trinajstić information content (AvgIpc) is 3.43. The van der Waals surface area contributed by atoms with E-state index in [1.54, 1.807) is 16.8 Å². The Hall–Kier alpha value is -4.11. The summed E-state index contributed by atoms with van der Waals surface area (Å²) in [6.45, 7) is 2.09. The summed E-state index contributed by atoms with van der Waals surface area (Å²) in [7, 11) is 0. The molecule has 0 bridgehead atoms. The summed E-state index contributed by atoms with van der Waals surface area (Å²) in [5, 5.41) is 11.5. The van der Waals surface area contributed by atoms with Crippen molar-refractivity contribution in [1.29, 1.82) is 0 Å². The third-order valence-electron chi connectivity index (χ3n) is 5.14. The van der Waals surface area contributed by atoms with Crippen molar-refractivity contribution in [3.63, 3.8) is 0 Å². The molecule has 0 fully saturated rings. The van der Waals surface area contributed by atoms with Crippen molar-refractivity contribution in [2.24, 2.45) is 0 Å². The predicted octanol–water partition coefficient (Wildman–Crippen LogP) is 4.39. The van der Waals surface area contributed by atoms with Crippen LogP contribution in [0.15, 0.2) is 67.3 Å². The molecule has 0 unspecified atom stereocenters. The number of halogens is 2. The normalized spacial score (nSPS) is 11.1. The van der Waals surface area contributed by atoms with Gasteiger partial charge in [-0.2, -0.15) is 5.10 Å². The lowest BCUT2D eigenvalue weighted by atomic mass is 10.1. The molecule has 0 saturated heterocycles. The molecule has 0 saturated carbocycles. The van der Waals surface area contributed by atoms with Gasteiger partial charge in [0.2, 0.25) is 5.95 Å². The molecule has 3 aromatic heterocycles. The molecule has 0 aliphatic heterocycles. The van der Waals surface area contributed by atoms with Crippen molar-refractivity contribution in [3.05, 3.63) is 94.8 Å². The Bertz CT molecular complexity index is 1460. The van der Waals surface area contributed by atoms with E-state index >= 15 is 0 Å². The number of nitrogens with one attached hydrogen (secondary N) is 1. The van der Waals surface area contributed by atoms with Crippen LogP contribution in [0, 0.1) is 12.7 Å². The molecule has 3 heterocycles. The zero-order valence-electron chi connectivity index (χ0n) is 17.4. The van der Waals surface area contributed by atoms with E-state index in [1.165, 1.54) is 29.3 Å². The van der Waals surface area contributed by atoms with Crippen molar-refractivity contribution in [2.75, 3.05) is 5.32 Å². The number of amides is 1. The number of nitrogens with zero attached hydrogens (tertiary/aromatic N) is 6. The second kappa shape index (κ2) is 8.44. The average molecular weight is 462 g/mol. The van der Waals surface area contributed by atoms with Crippen LogP contribution >= 0.6 is 11.6 Å². The minimum Gasteiger partial charge on any atom is -0.289 e. The second-order valence-corrected chi connectivity index (χ2v) is 7.82. The number of rotatable bonds is 5. The summed E-state index contributed by atoms with van der Waals surface area (Å²) in [4.78, 5) is 21.3. The van der Waals surface area contributed by atoms with Crippen LogP contribution in [0.25, 0.3) is 16.9 Å². The molecule has 5 rings (SSSR count). The van der Waals surface area contributed by atoms with Gasteiger partial charge in [0.15, 0.2) is 5.65 Å². The van der Waals surface area contributed by atoms with Gasteiger partial charge in [0.25, 0.3) is 5.91 Å². The number of fused-ring (bicyclic) bond motifs is 1. The third kappa shape index (κ3) is 4.06. The van der Waals surface area contributed by atoms with E-state index in [0.717, 1.165) is 16.8 Å². The van der Waals surface area contributed by atoms with Crippen molar-refractivity contribution in [3.8, 4) is 11.3 Å². The van der Waals surface area contributed by atoms with Crippen LogP contribution in [0.3, 0.4) is 0 Å². The minimum atomic E-state index is -0.458. The number of aromatic nitrogens is 6. The maximum absolute atomic E-state index is 14.0. The largest absolute Gasteiger partial charge is 0.289 e. The highest BCUT2D eigenvalue weighted by Crippen LogP contribution is 2.22. The lowest BCUT2D eigenvalue weighted by Gasteiger charge is -2.06. The van der Waals surface area contributed by atoms with Crippen LogP contribution < -0.4 is 5.32 Å². The van der Waals surface area contributed by atoms with Crippen LogP contribution in [0.5, 0.6) is 0 Å². The number of hydrogen-bond donors (Lipinski definition) is 1. The second-order valence-electron chi connectivity index (χ2n) is 7.41. The standard InChI is InChI=1S/C23H17ClFN7O/c1-14-5-7-15(8-6-14)20-9-10-26-21-16(11-28-32(20)21)22(33)29-23-27-13-31(30-23)12-17-18(24)3-2-4-19(17)25/h2-11,13H,12H2,1H3,(H,29,30,33).